The number of anilines is 2. The summed E-state index contributed by atoms with van der Waals surface area (Å²) in [6.07, 6.45) is 6.54. The van der Waals surface area contributed by atoms with E-state index in [2.05, 4.69) is 32.4 Å². The third-order valence-corrected chi connectivity index (χ3v) is 7.01. The Morgan fingerprint density at radius 1 is 1.20 bits per heavy atom. The van der Waals surface area contributed by atoms with E-state index in [1.54, 1.807) is 33.5 Å². The van der Waals surface area contributed by atoms with Crippen molar-refractivity contribution in [1.82, 2.24) is 29.5 Å². The molecular weight excluding hydrogens is 446 g/mol. The van der Waals surface area contributed by atoms with E-state index < -0.39 is 0 Å². The van der Waals surface area contributed by atoms with E-state index >= 15 is 0 Å². The molecule has 3 aromatic rings. The van der Waals surface area contributed by atoms with E-state index in [0.29, 0.717) is 12.5 Å². The van der Waals surface area contributed by atoms with Crippen LogP contribution in [0.3, 0.4) is 0 Å². The average molecular weight is 480 g/mol. The second-order valence-electron chi connectivity index (χ2n) is 9.27. The summed E-state index contributed by atoms with van der Waals surface area (Å²) in [5, 5.41) is 8.77. The fraction of sp³-hybridized carbons (Fsp3) is 0.520. The first kappa shape index (κ1) is 23.5. The molecule has 0 bridgehead atoms. The highest BCUT2D eigenvalue weighted by atomic mass is 16.5. The van der Waals surface area contributed by atoms with Crippen LogP contribution in [0.25, 0.3) is 11.0 Å². The molecule has 186 valence electrons. The zero-order valence-electron chi connectivity index (χ0n) is 20.7. The minimum Gasteiger partial charge on any atom is -0.495 e. The molecule has 2 aliphatic rings. The molecule has 1 amide bonds. The number of amides is 1. The molecule has 0 saturated carbocycles. The quantitative estimate of drug-likeness (QED) is 0.527. The van der Waals surface area contributed by atoms with Gasteiger partial charge in [-0.15, -0.1) is 0 Å². The summed E-state index contributed by atoms with van der Waals surface area (Å²) >= 11 is 0. The maximum Gasteiger partial charge on any atom is 0.229 e. The summed E-state index contributed by atoms with van der Waals surface area (Å²) in [5.41, 5.74) is 4.17. The van der Waals surface area contributed by atoms with Crippen molar-refractivity contribution in [3.8, 4) is 5.75 Å². The van der Waals surface area contributed by atoms with Crippen molar-refractivity contribution in [2.75, 3.05) is 45.8 Å². The lowest BCUT2D eigenvalue weighted by molar-refractivity contribution is -0.129. The summed E-state index contributed by atoms with van der Waals surface area (Å²) in [5.74, 6) is 1.37. The van der Waals surface area contributed by atoms with Gasteiger partial charge in [0.15, 0.2) is 5.65 Å². The molecular formula is C25H33N7O3. The molecule has 1 N–H and O–H groups in total. The summed E-state index contributed by atoms with van der Waals surface area (Å²) in [4.78, 5) is 25.6. The number of aromatic nitrogens is 4. The Labute approximate surface area is 205 Å². The predicted octanol–water partition coefficient (Wildman–Crippen LogP) is 2.59. The van der Waals surface area contributed by atoms with Gasteiger partial charge in [0.25, 0.3) is 0 Å². The van der Waals surface area contributed by atoms with E-state index in [1.807, 2.05) is 9.58 Å². The molecule has 0 spiro atoms. The van der Waals surface area contributed by atoms with Gasteiger partial charge in [-0.3, -0.25) is 9.69 Å². The van der Waals surface area contributed by atoms with Crippen LogP contribution in [0.1, 0.15) is 30.9 Å². The highest BCUT2D eigenvalue weighted by molar-refractivity contribution is 5.76. The fourth-order valence-corrected chi connectivity index (χ4v) is 5.14. The Balaban J connectivity index is 1.38. The number of carbonyl (C=O) groups excluding carboxylic acids is 1. The molecule has 1 saturated heterocycles. The van der Waals surface area contributed by atoms with Crippen LogP contribution in [-0.4, -0.2) is 82.0 Å². The second kappa shape index (κ2) is 10.2. The zero-order chi connectivity index (χ0) is 24.4. The minimum atomic E-state index is 0.112. The highest BCUT2D eigenvalue weighted by Crippen LogP contribution is 2.33. The fourth-order valence-electron chi connectivity index (χ4n) is 5.14. The van der Waals surface area contributed by atoms with Gasteiger partial charge < -0.3 is 19.7 Å². The normalized spacial score (nSPS) is 18.1. The standard InChI is InChI=1S/C25H33N7O3/c1-17(33)31-7-4-5-21(31)16-32-24-20(14-27-32)13-26-25(29-24)28-22-11-19-15-30(9-10-34-2)8-6-18(19)12-23(22)35-3/h11-14,21H,4-10,15-16H2,1-3H3,(H,26,28,29). The maximum atomic E-state index is 12.0. The van der Waals surface area contributed by atoms with Crippen molar-refractivity contribution < 1.29 is 14.3 Å². The second-order valence-corrected chi connectivity index (χ2v) is 9.27. The molecule has 0 radical (unpaired) electrons. The van der Waals surface area contributed by atoms with Crippen LogP contribution in [0.5, 0.6) is 5.75 Å². The van der Waals surface area contributed by atoms with Gasteiger partial charge >= 0.3 is 0 Å². The highest BCUT2D eigenvalue weighted by Gasteiger charge is 2.27. The van der Waals surface area contributed by atoms with Gasteiger partial charge in [-0.05, 0) is 42.5 Å². The molecule has 2 aromatic heterocycles. The number of benzene rings is 1. The Kier molecular flexibility index (Phi) is 6.83. The van der Waals surface area contributed by atoms with Crippen molar-refractivity contribution in [2.45, 2.75) is 45.3 Å². The summed E-state index contributed by atoms with van der Waals surface area (Å²) in [7, 11) is 3.42. The van der Waals surface area contributed by atoms with Gasteiger partial charge in [0.05, 0.1) is 43.6 Å². The topological polar surface area (TPSA) is 97.6 Å². The first-order valence-electron chi connectivity index (χ1n) is 12.2. The van der Waals surface area contributed by atoms with Crippen molar-refractivity contribution in [2.24, 2.45) is 0 Å². The molecule has 10 nitrogen and oxygen atoms in total. The van der Waals surface area contributed by atoms with Gasteiger partial charge in [-0.2, -0.15) is 10.1 Å². The number of likely N-dealkylation sites (tertiary alicyclic amines) is 1. The molecule has 4 heterocycles. The molecule has 5 rings (SSSR count). The molecule has 10 heteroatoms. The molecule has 0 aliphatic carbocycles. The van der Waals surface area contributed by atoms with E-state index in [-0.39, 0.29) is 11.9 Å². The van der Waals surface area contributed by atoms with Gasteiger partial charge in [0.2, 0.25) is 11.9 Å². The predicted molar refractivity (Wildman–Crippen MR) is 133 cm³/mol. The van der Waals surface area contributed by atoms with Crippen molar-refractivity contribution >= 4 is 28.6 Å². The van der Waals surface area contributed by atoms with E-state index in [9.17, 15) is 4.79 Å². The third-order valence-electron chi connectivity index (χ3n) is 7.01. The largest absolute Gasteiger partial charge is 0.495 e. The van der Waals surface area contributed by atoms with Crippen molar-refractivity contribution in [3.05, 3.63) is 35.7 Å². The van der Waals surface area contributed by atoms with Gasteiger partial charge in [0, 0.05) is 46.4 Å². The zero-order valence-corrected chi connectivity index (χ0v) is 20.7. The SMILES string of the molecule is COCCN1CCc2cc(OC)c(Nc3ncc4cnn(CC5CCCN5C(C)=O)c4n3)cc2C1. The number of ether oxygens (including phenoxy) is 2. The summed E-state index contributed by atoms with van der Waals surface area (Å²) < 4.78 is 12.8. The van der Waals surface area contributed by atoms with Crippen LogP contribution in [0.15, 0.2) is 24.5 Å². The number of hydrogen-bond acceptors (Lipinski definition) is 8. The smallest absolute Gasteiger partial charge is 0.229 e. The number of rotatable bonds is 8. The van der Waals surface area contributed by atoms with Crippen LogP contribution >= 0.6 is 0 Å². The van der Waals surface area contributed by atoms with Crippen molar-refractivity contribution in [3.63, 3.8) is 0 Å². The van der Waals surface area contributed by atoms with E-state index in [1.165, 1.54) is 11.1 Å². The first-order chi connectivity index (χ1) is 17.1. The lowest BCUT2D eigenvalue weighted by atomic mass is 9.98. The summed E-state index contributed by atoms with van der Waals surface area (Å²) in [6.45, 7) is 6.59. The number of nitrogens with one attached hydrogen (secondary N) is 1. The minimum absolute atomic E-state index is 0.112. The molecule has 1 fully saturated rings. The summed E-state index contributed by atoms with van der Waals surface area (Å²) in [6, 6.07) is 4.40. The van der Waals surface area contributed by atoms with Crippen LogP contribution in [-0.2, 0) is 29.0 Å². The number of nitrogens with zero attached hydrogens (tertiary/aromatic N) is 6. The number of carbonyl (C=O) groups is 1. The average Bonchev–Trinajstić information content (AvgIpc) is 3.49. The van der Waals surface area contributed by atoms with E-state index in [0.717, 1.165) is 74.5 Å². The van der Waals surface area contributed by atoms with E-state index in [4.69, 9.17) is 14.5 Å². The molecule has 1 unspecified atom stereocenters. The van der Waals surface area contributed by atoms with Gasteiger partial charge in [0.1, 0.15) is 5.75 Å². The monoisotopic (exact) mass is 479 g/mol. The number of fused-ring (bicyclic) bond motifs is 2. The van der Waals surface area contributed by atoms with Gasteiger partial charge in [-0.25, -0.2) is 9.67 Å². The molecule has 1 aromatic carbocycles. The molecule has 2 aliphatic heterocycles. The van der Waals surface area contributed by atoms with Crippen LogP contribution in [0, 0.1) is 0 Å². The van der Waals surface area contributed by atoms with Crippen LogP contribution in [0.4, 0.5) is 11.6 Å². The maximum absolute atomic E-state index is 12.0. The van der Waals surface area contributed by atoms with Crippen molar-refractivity contribution in [1.29, 1.82) is 0 Å². The lowest BCUT2D eigenvalue weighted by Gasteiger charge is -2.29. The first-order valence-corrected chi connectivity index (χ1v) is 12.2. The molecule has 1 atom stereocenters. The Morgan fingerprint density at radius 3 is 2.89 bits per heavy atom. The number of methoxy groups -OCH3 is 2. The Morgan fingerprint density at radius 2 is 2.09 bits per heavy atom. The Bertz CT molecular complexity index is 1210. The van der Waals surface area contributed by atoms with Gasteiger partial charge in [-0.1, -0.05) is 0 Å². The lowest BCUT2D eigenvalue weighted by Crippen LogP contribution is -2.36. The number of hydrogen-bond donors (Lipinski definition) is 1. The van der Waals surface area contributed by atoms with Crippen LogP contribution in [0.2, 0.25) is 0 Å². The molecule has 35 heavy (non-hydrogen) atoms. The van der Waals surface area contributed by atoms with Crippen LogP contribution < -0.4 is 10.1 Å². The third kappa shape index (κ3) is 4.94. The Hall–Kier alpha value is -3.24.